The van der Waals surface area contributed by atoms with Crippen molar-refractivity contribution in [1.82, 2.24) is 4.98 Å². The Balaban J connectivity index is 1.79. The van der Waals surface area contributed by atoms with E-state index in [1.807, 2.05) is 36.4 Å². The molecule has 2 N–H and O–H groups in total. The first-order valence-corrected chi connectivity index (χ1v) is 8.57. The highest BCUT2D eigenvalue weighted by Crippen LogP contribution is 2.39. The lowest BCUT2D eigenvalue weighted by molar-refractivity contribution is 0.171. The highest BCUT2D eigenvalue weighted by atomic mass is 35.5. The van der Waals surface area contributed by atoms with Crippen LogP contribution < -0.4 is 15.0 Å². The van der Waals surface area contributed by atoms with E-state index < -0.39 is 0 Å². The van der Waals surface area contributed by atoms with E-state index in [2.05, 4.69) is 4.98 Å². The maximum Gasteiger partial charge on any atom is 0.253 e. The van der Waals surface area contributed by atoms with Crippen molar-refractivity contribution in [2.24, 2.45) is 0 Å². The molecule has 26 heavy (non-hydrogen) atoms. The second-order valence-electron chi connectivity index (χ2n) is 5.91. The van der Waals surface area contributed by atoms with Gasteiger partial charge in [-0.3, -0.25) is 4.79 Å². The molecule has 0 spiro atoms. The van der Waals surface area contributed by atoms with Crippen molar-refractivity contribution in [2.45, 2.75) is 6.61 Å². The van der Waals surface area contributed by atoms with Gasteiger partial charge in [0.25, 0.3) is 5.56 Å². The summed E-state index contributed by atoms with van der Waals surface area (Å²) in [6.45, 7) is 0.753. The summed E-state index contributed by atoms with van der Waals surface area (Å²) >= 11 is 6.64. The average Bonchev–Trinajstić information content (AvgIpc) is 2.68. The van der Waals surface area contributed by atoms with Gasteiger partial charge in [-0.05, 0) is 29.8 Å². The predicted molar refractivity (Wildman–Crippen MR) is 99.9 cm³/mol. The van der Waals surface area contributed by atoms with Crippen molar-refractivity contribution in [3.63, 3.8) is 0 Å². The Morgan fingerprint density at radius 1 is 1.00 bits per heavy atom. The Morgan fingerprint density at radius 3 is 2.54 bits per heavy atom. The van der Waals surface area contributed by atoms with Crippen LogP contribution in [0.15, 0.2) is 53.3 Å². The Morgan fingerprint density at radius 2 is 1.77 bits per heavy atom. The van der Waals surface area contributed by atoms with E-state index in [1.54, 1.807) is 12.1 Å². The summed E-state index contributed by atoms with van der Waals surface area (Å²) in [4.78, 5) is 14.7. The summed E-state index contributed by atoms with van der Waals surface area (Å²) in [5, 5.41) is 9.68. The molecule has 0 saturated heterocycles. The Hall–Kier alpha value is -2.76. The number of hydrogen-bond acceptors (Lipinski definition) is 4. The number of pyridine rings is 1. The summed E-state index contributed by atoms with van der Waals surface area (Å²) in [5.41, 5.74) is 3.01. The van der Waals surface area contributed by atoms with Crippen molar-refractivity contribution in [1.29, 1.82) is 0 Å². The second kappa shape index (κ2) is 6.86. The molecule has 0 amide bonds. The van der Waals surface area contributed by atoms with Gasteiger partial charge in [-0.2, -0.15) is 0 Å². The maximum absolute atomic E-state index is 12.0. The third-order valence-corrected chi connectivity index (χ3v) is 4.71. The van der Waals surface area contributed by atoms with E-state index in [4.69, 9.17) is 26.2 Å². The van der Waals surface area contributed by atoms with Crippen LogP contribution in [0.4, 0.5) is 0 Å². The van der Waals surface area contributed by atoms with Gasteiger partial charge in [0.05, 0.1) is 11.6 Å². The number of aromatic amines is 1. The fourth-order valence-electron chi connectivity index (χ4n) is 2.96. The third kappa shape index (κ3) is 2.96. The number of ether oxygens (including phenoxy) is 2. The van der Waals surface area contributed by atoms with Crippen LogP contribution in [0.3, 0.4) is 0 Å². The number of aromatic nitrogens is 1. The molecule has 6 heteroatoms. The highest BCUT2D eigenvalue weighted by Gasteiger charge is 2.16. The minimum atomic E-state index is -0.328. The van der Waals surface area contributed by atoms with Gasteiger partial charge in [0.1, 0.15) is 13.2 Å². The van der Waals surface area contributed by atoms with E-state index >= 15 is 0 Å². The quantitative estimate of drug-likeness (QED) is 0.739. The molecule has 3 aromatic rings. The largest absolute Gasteiger partial charge is 0.486 e. The number of hydrogen-bond donors (Lipinski definition) is 2. The molecule has 0 radical (unpaired) electrons. The molecule has 2 heterocycles. The number of rotatable bonds is 3. The molecule has 4 rings (SSSR count). The molecule has 132 valence electrons. The van der Waals surface area contributed by atoms with Gasteiger partial charge in [0.2, 0.25) is 0 Å². The van der Waals surface area contributed by atoms with Crippen molar-refractivity contribution in [3.8, 4) is 33.9 Å². The number of H-pyrrole nitrogens is 1. The van der Waals surface area contributed by atoms with Crippen molar-refractivity contribution < 1.29 is 14.6 Å². The van der Waals surface area contributed by atoms with Crippen LogP contribution in [0.25, 0.3) is 22.4 Å². The van der Waals surface area contributed by atoms with Gasteiger partial charge in [-0.1, -0.05) is 35.9 Å². The maximum atomic E-state index is 12.0. The summed E-state index contributed by atoms with van der Waals surface area (Å²) in [5.74, 6) is 1.41. The fourth-order valence-corrected chi connectivity index (χ4v) is 3.30. The van der Waals surface area contributed by atoms with Gasteiger partial charge in [-0.25, -0.2) is 0 Å². The topological polar surface area (TPSA) is 71.6 Å². The van der Waals surface area contributed by atoms with Gasteiger partial charge in [-0.15, -0.1) is 0 Å². The lowest BCUT2D eigenvalue weighted by Crippen LogP contribution is -2.15. The summed E-state index contributed by atoms with van der Waals surface area (Å²) in [6.07, 6.45) is 0. The molecular formula is C20H16ClNO4. The van der Waals surface area contributed by atoms with E-state index in [0.717, 1.165) is 16.9 Å². The first kappa shape index (κ1) is 16.7. The molecule has 1 aliphatic heterocycles. The number of nitrogens with one attached hydrogen (secondary N) is 1. The number of benzene rings is 2. The molecule has 0 saturated carbocycles. The number of aliphatic hydroxyl groups is 1. The fraction of sp³-hybridized carbons (Fsp3) is 0.150. The van der Waals surface area contributed by atoms with Gasteiger partial charge < -0.3 is 19.6 Å². The van der Waals surface area contributed by atoms with Crippen LogP contribution in [0.5, 0.6) is 11.5 Å². The van der Waals surface area contributed by atoms with Crippen LogP contribution in [0.1, 0.15) is 5.56 Å². The van der Waals surface area contributed by atoms with Gasteiger partial charge >= 0.3 is 0 Å². The molecule has 0 atom stereocenters. The molecule has 5 nitrogen and oxygen atoms in total. The first-order valence-electron chi connectivity index (χ1n) is 8.19. The molecule has 1 aromatic heterocycles. The highest BCUT2D eigenvalue weighted by molar-refractivity contribution is 6.36. The van der Waals surface area contributed by atoms with E-state index in [0.29, 0.717) is 40.8 Å². The van der Waals surface area contributed by atoms with E-state index in [1.165, 1.54) is 0 Å². The zero-order valence-corrected chi connectivity index (χ0v) is 14.5. The van der Waals surface area contributed by atoms with Crippen molar-refractivity contribution in [2.75, 3.05) is 13.2 Å². The molecule has 2 aromatic carbocycles. The van der Waals surface area contributed by atoms with Crippen molar-refractivity contribution in [3.05, 3.63) is 69.5 Å². The van der Waals surface area contributed by atoms with E-state index in [-0.39, 0.29) is 12.2 Å². The second-order valence-corrected chi connectivity index (χ2v) is 6.29. The molecule has 0 aliphatic carbocycles. The third-order valence-electron chi connectivity index (χ3n) is 4.30. The molecule has 0 fully saturated rings. The predicted octanol–water partition coefficient (Wildman–Crippen LogP) is 3.63. The minimum absolute atomic E-state index is 0.305. The molecular weight excluding hydrogens is 354 g/mol. The van der Waals surface area contributed by atoms with E-state index in [9.17, 15) is 4.79 Å². The monoisotopic (exact) mass is 369 g/mol. The van der Waals surface area contributed by atoms with Crippen molar-refractivity contribution >= 4 is 11.6 Å². The Kier molecular flexibility index (Phi) is 4.41. The first-order chi connectivity index (χ1) is 12.7. The number of aliphatic hydroxyl groups excluding tert-OH is 1. The van der Waals surface area contributed by atoms with Crippen LogP contribution in [0, 0.1) is 0 Å². The van der Waals surface area contributed by atoms with Gasteiger partial charge in [0, 0.05) is 22.4 Å². The SMILES string of the molecule is O=c1[nH]c(-c2cccc(-c3ccc4c(c3)OCCO4)c2Cl)ccc1CO. The smallest absolute Gasteiger partial charge is 0.253 e. The number of halogens is 1. The average molecular weight is 370 g/mol. The number of fused-ring (bicyclic) bond motifs is 1. The Labute approximate surface area is 154 Å². The Bertz CT molecular complexity index is 1030. The normalized spacial score (nSPS) is 12.8. The lowest BCUT2D eigenvalue weighted by Gasteiger charge is -2.19. The zero-order valence-electron chi connectivity index (χ0n) is 13.8. The standard InChI is InChI=1S/C20H16ClNO4/c21-19-14(12-5-7-17-18(10-12)26-9-8-25-17)2-1-3-15(19)16-6-4-13(11-23)20(24)22-16/h1-7,10,23H,8-9,11H2,(H,22,24). The van der Waals surface area contributed by atoms with Crippen LogP contribution in [-0.4, -0.2) is 23.3 Å². The molecule has 0 bridgehead atoms. The molecule has 1 aliphatic rings. The van der Waals surface area contributed by atoms with Gasteiger partial charge in [0.15, 0.2) is 11.5 Å². The summed E-state index contributed by atoms with van der Waals surface area (Å²) in [6, 6.07) is 14.7. The van der Waals surface area contributed by atoms with Crippen LogP contribution in [0.2, 0.25) is 5.02 Å². The van der Waals surface area contributed by atoms with Crippen LogP contribution in [-0.2, 0) is 6.61 Å². The summed E-state index contributed by atoms with van der Waals surface area (Å²) in [7, 11) is 0. The van der Waals surface area contributed by atoms with Crippen LogP contribution >= 0.6 is 11.6 Å². The summed E-state index contributed by atoms with van der Waals surface area (Å²) < 4.78 is 11.2. The zero-order chi connectivity index (χ0) is 18.1. The minimum Gasteiger partial charge on any atom is -0.486 e. The molecule has 0 unspecified atom stereocenters. The lowest BCUT2D eigenvalue weighted by atomic mass is 10.0.